The van der Waals surface area contributed by atoms with Crippen LogP contribution >= 0.6 is 22.6 Å². The topological polar surface area (TPSA) is 63.7 Å². The van der Waals surface area contributed by atoms with Crippen LogP contribution < -0.4 is 0 Å². The Bertz CT molecular complexity index is 429. The number of hydrogen-bond donors (Lipinski definition) is 0. The van der Waals surface area contributed by atoms with E-state index in [4.69, 9.17) is 4.74 Å². The summed E-state index contributed by atoms with van der Waals surface area (Å²) in [4.78, 5) is 37.4. The van der Waals surface area contributed by atoms with E-state index < -0.39 is 23.8 Å². The zero-order chi connectivity index (χ0) is 14.4. The van der Waals surface area contributed by atoms with Crippen LogP contribution in [-0.2, 0) is 14.3 Å². The molecule has 0 N–H and O–H groups in total. The van der Waals surface area contributed by atoms with E-state index in [2.05, 4.69) is 0 Å². The quantitative estimate of drug-likeness (QED) is 0.518. The average Bonchev–Trinajstić information content (AvgIpc) is 2.25. The Hall–Kier alpha value is -0.660. The lowest BCUT2D eigenvalue weighted by Gasteiger charge is -2.48. The molecule has 5 nitrogen and oxygen atoms in total. The van der Waals surface area contributed by atoms with Gasteiger partial charge < -0.3 is 4.74 Å². The molecule has 1 saturated carbocycles. The summed E-state index contributed by atoms with van der Waals surface area (Å²) in [5.74, 6) is 0.00503. The van der Waals surface area contributed by atoms with Gasteiger partial charge in [0.15, 0.2) is 5.78 Å². The van der Waals surface area contributed by atoms with E-state index in [-0.39, 0.29) is 15.5 Å². The van der Waals surface area contributed by atoms with Crippen molar-refractivity contribution >= 4 is 38.3 Å². The second kappa shape index (κ2) is 5.03. The number of fused-ring (bicyclic) bond motifs is 3. The number of Topliss-reactive ketones (excluding diaryl/α,β-unsaturated/α-hetero) is 1. The van der Waals surface area contributed by atoms with Gasteiger partial charge >= 0.3 is 6.09 Å². The Morgan fingerprint density at radius 1 is 1.32 bits per heavy atom. The molecule has 2 aliphatic heterocycles. The van der Waals surface area contributed by atoms with Gasteiger partial charge in [-0.15, -0.1) is 0 Å². The summed E-state index contributed by atoms with van der Waals surface area (Å²) in [5, 5.41) is 0. The van der Waals surface area contributed by atoms with E-state index in [9.17, 15) is 14.4 Å². The zero-order valence-corrected chi connectivity index (χ0v) is 13.5. The third-order valence-electron chi connectivity index (χ3n) is 3.56. The highest BCUT2D eigenvalue weighted by molar-refractivity contribution is 14.1. The van der Waals surface area contributed by atoms with Gasteiger partial charge in [-0.1, -0.05) is 0 Å². The molecule has 3 atom stereocenters. The first kappa shape index (κ1) is 14.7. The lowest BCUT2D eigenvalue weighted by Crippen LogP contribution is -2.63. The Kier molecular flexibility index (Phi) is 3.90. The van der Waals surface area contributed by atoms with Crippen LogP contribution in [0, 0.1) is 5.92 Å². The first-order valence-electron chi connectivity index (χ1n) is 6.44. The molecule has 3 aliphatic rings. The number of amides is 1. The predicted molar refractivity (Wildman–Crippen MR) is 77.0 cm³/mol. The van der Waals surface area contributed by atoms with Crippen LogP contribution in [0.5, 0.6) is 0 Å². The molecular formula is C13H18INO4. The van der Waals surface area contributed by atoms with Crippen molar-refractivity contribution in [3.05, 3.63) is 0 Å². The lowest BCUT2D eigenvalue weighted by atomic mass is 9.74. The van der Waals surface area contributed by atoms with Gasteiger partial charge in [0, 0.05) is 29.0 Å². The van der Waals surface area contributed by atoms with Crippen molar-refractivity contribution in [3.8, 4) is 0 Å². The van der Waals surface area contributed by atoms with Crippen LogP contribution in [0.15, 0.2) is 0 Å². The molecular weight excluding hydrogens is 361 g/mol. The standard InChI is InChI=1S/C13H18INO4/c1-13(2,3)19-12(18)15-8-5-4-7(6-9(8)16)10(15)11(14)17/h7-8,10H,4-6H2,1-3H3/t7-,8+,10+/m1/s1. The first-order valence-corrected chi connectivity index (χ1v) is 7.52. The number of halogens is 1. The largest absolute Gasteiger partial charge is 0.444 e. The van der Waals surface area contributed by atoms with Crippen LogP contribution in [0.1, 0.15) is 40.0 Å². The van der Waals surface area contributed by atoms with E-state index in [1.165, 1.54) is 4.90 Å². The highest BCUT2D eigenvalue weighted by Gasteiger charge is 2.51. The molecule has 0 radical (unpaired) electrons. The zero-order valence-electron chi connectivity index (χ0n) is 11.3. The van der Waals surface area contributed by atoms with Gasteiger partial charge in [0.1, 0.15) is 11.6 Å². The molecule has 3 fully saturated rings. The van der Waals surface area contributed by atoms with E-state index in [1.54, 1.807) is 43.4 Å². The van der Waals surface area contributed by atoms with E-state index >= 15 is 0 Å². The van der Waals surface area contributed by atoms with Crippen molar-refractivity contribution in [2.24, 2.45) is 5.92 Å². The van der Waals surface area contributed by atoms with Gasteiger partial charge in [-0.25, -0.2) is 4.79 Å². The van der Waals surface area contributed by atoms with Crippen molar-refractivity contribution in [2.75, 3.05) is 0 Å². The molecule has 6 heteroatoms. The van der Waals surface area contributed by atoms with Gasteiger partial charge in [0.05, 0.1) is 6.04 Å². The number of ketones is 1. The first-order chi connectivity index (χ1) is 8.70. The lowest BCUT2D eigenvalue weighted by molar-refractivity contribution is -0.140. The molecule has 0 aromatic rings. The molecule has 2 bridgehead atoms. The molecule has 2 saturated heterocycles. The van der Waals surface area contributed by atoms with Crippen LogP contribution in [0.2, 0.25) is 0 Å². The summed E-state index contributed by atoms with van der Waals surface area (Å²) in [6, 6.07) is -0.990. The third kappa shape index (κ3) is 2.93. The summed E-state index contributed by atoms with van der Waals surface area (Å²) in [7, 11) is 0. The smallest absolute Gasteiger partial charge is 0.411 e. The minimum absolute atomic E-state index is 0.0468. The minimum Gasteiger partial charge on any atom is -0.444 e. The Morgan fingerprint density at radius 3 is 2.42 bits per heavy atom. The maximum atomic E-state index is 12.3. The number of nitrogens with zero attached hydrogens (tertiary/aromatic N) is 1. The predicted octanol–water partition coefficient (Wildman–Crippen LogP) is 2.31. The monoisotopic (exact) mass is 379 g/mol. The fourth-order valence-corrected chi connectivity index (χ4v) is 3.67. The molecule has 1 amide bonds. The molecule has 0 spiro atoms. The van der Waals surface area contributed by atoms with Crippen molar-refractivity contribution in [3.63, 3.8) is 0 Å². The molecule has 2 heterocycles. The Labute approximate surface area is 126 Å². The molecule has 0 aromatic carbocycles. The second-order valence-corrected chi connectivity index (χ2v) is 7.22. The minimum atomic E-state index is -0.629. The molecule has 0 aromatic heterocycles. The maximum absolute atomic E-state index is 12.3. The van der Waals surface area contributed by atoms with Gasteiger partial charge in [-0.05, 0) is 39.5 Å². The van der Waals surface area contributed by atoms with Gasteiger partial charge in [-0.2, -0.15) is 0 Å². The Balaban J connectivity index is 2.26. The summed E-state index contributed by atoms with van der Waals surface area (Å²) in [6.07, 6.45) is 1.33. The van der Waals surface area contributed by atoms with Crippen LogP contribution in [0.25, 0.3) is 0 Å². The SMILES string of the molecule is CC(C)(C)OC(=O)N1[C@H](C(=O)I)[C@@H]2CC[C@H]1C(=O)C2. The number of carbonyl (C=O) groups excluding carboxylic acids is 3. The molecule has 1 aliphatic carbocycles. The summed E-state index contributed by atoms with van der Waals surface area (Å²) in [6.45, 7) is 5.32. The van der Waals surface area contributed by atoms with E-state index in [0.717, 1.165) is 6.42 Å². The van der Waals surface area contributed by atoms with Crippen LogP contribution in [0.3, 0.4) is 0 Å². The molecule has 19 heavy (non-hydrogen) atoms. The molecule has 106 valence electrons. The summed E-state index contributed by atoms with van der Waals surface area (Å²) < 4.78 is 5.25. The summed E-state index contributed by atoms with van der Waals surface area (Å²) >= 11 is 1.71. The Morgan fingerprint density at radius 2 is 1.95 bits per heavy atom. The molecule has 0 unspecified atom stereocenters. The number of piperidine rings is 2. The number of hydrogen-bond acceptors (Lipinski definition) is 4. The fourth-order valence-electron chi connectivity index (χ4n) is 2.86. The maximum Gasteiger partial charge on any atom is 0.411 e. The van der Waals surface area contributed by atoms with E-state index in [0.29, 0.717) is 12.8 Å². The average molecular weight is 379 g/mol. The summed E-state index contributed by atoms with van der Waals surface area (Å²) in [5.41, 5.74) is -0.629. The second-order valence-electron chi connectivity index (χ2n) is 6.16. The van der Waals surface area contributed by atoms with Crippen molar-refractivity contribution in [1.29, 1.82) is 0 Å². The van der Waals surface area contributed by atoms with Crippen LogP contribution in [-0.4, -0.2) is 38.3 Å². The normalized spacial score (nSPS) is 30.4. The number of carbonyl (C=O) groups is 3. The van der Waals surface area contributed by atoms with Crippen molar-refractivity contribution < 1.29 is 19.1 Å². The van der Waals surface area contributed by atoms with Crippen molar-refractivity contribution in [2.45, 2.75) is 57.7 Å². The third-order valence-corrected chi connectivity index (χ3v) is 4.20. The highest BCUT2D eigenvalue weighted by Crippen LogP contribution is 2.39. The highest BCUT2D eigenvalue weighted by atomic mass is 127. The van der Waals surface area contributed by atoms with Crippen molar-refractivity contribution in [1.82, 2.24) is 4.90 Å². The van der Waals surface area contributed by atoms with Gasteiger partial charge in [-0.3, -0.25) is 14.5 Å². The van der Waals surface area contributed by atoms with E-state index in [1.807, 2.05) is 0 Å². The van der Waals surface area contributed by atoms with Crippen LogP contribution in [0.4, 0.5) is 4.79 Å². The number of rotatable bonds is 1. The fraction of sp³-hybridized carbons (Fsp3) is 0.769. The van der Waals surface area contributed by atoms with Gasteiger partial charge in [0.2, 0.25) is 3.79 Å². The number of ether oxygens (including phenoxy) is 1. The molecule has 3 rings (SSSR count). The van der Waals surface area contributed by atoms with Gasteiger partial charge in [0.25, 0.3) is 0 Å².